The van der Waals surface area contributed by atoms with E-state index in [1.54, 1.807) is 13.0 Å². The van der Waals surface area contributed by atoms with Crippen molar-refractivity contribution in [1.29, 1.82) is 0 Å². The monoisotopic (exact) mass is 405 g/mol. The Morgan fingerprint density at radius 2 is 1.86 bits per heavy atom. The van der Waals surface area contributed by atoms with Gasteiger partial charge in [0.25, 0.3) is 5.91 Å². The second-order valence-corrected chi connectivity index (χ2v) is 5.78. The molecule has 1 amide bonds. The van der Waals surface area contributed by atoms with E-state index in [0.717, 1.165) is 9.13 Å². The first-order valence-electron chi connectivity index (χ1n) is 6.61. The van der Waals surface area contributed by atoms with Gasteiger partial charge in [0.1, 0.15) is 0 Å². The normalized spacial score (nSPS) is 10.5. The molecular formula is C16H12IN3O2. The molecule has 2 aromatic carbocycles. The Kier molecular flexibility index (Phi) is 4.19. The maximum atomic E-state index is 12.4. The number of carbonyl (C=O) groups excluding carboxylic acids is 1. The maximum absolute atomic E-state index is 12.4. The number of carbonyl (C=O) groups is 1. The third-order valence-electron chi connectivity index (χ3n) is 3.06. The van der Waals surface area contributed by atoms with Gasteiger partial charge in [-0.2, -0.15) is 4.98 Å². The molecule has 1 aromatic heterocycles. The molecule has 0 atom stereocenters. The number of para-hydroxylation sites is 1. The minimum absolute atomic E-state index is 0.169. The zero-order valence-corrected chi connectivity index (χ0v) is 13.9. The summed E-state index contributed by atoms with van der Waals surface area (Å²) in [5.74, 6) is 0.766. The number of halogens is 1. The summed E-state index contributed by atoms with van der Waals surface area (Å²) < 4.78 is 5.90. The Hall–Kier alpha value is -2.22. The van der Waals surface area contributed by atoms with E-state index < -0.39 is 0 Å². The van der Waals surface area contributed by atoms with Gasteiger partial charge in [0.15, 0.2) is 0 Å². The molecule has 6 heteroatoms. The number of hydrogen-bond acceptors (Lipinski definition) is 4. The lowest BCUT2D eigenvalue weighted by molar-refractivity contribution is 0.102. The van der Waals surface area contributed by atoms with Crippen molar-refractivity contribution < 1.29 is 9.32 Å². The number of anilines is 1. The molecule has 22 heavy (non-hydrogen) atoms. The van der Waals surface area contributed by atoms with Gasteiger partial charge in [-0.3, -0.25) is 4.79 Å². The molecule has 110 valence electrons. The first-order chi connectivity index (χ1) is 10.6. The van der Waals surface area contributed by atoms with Gasteiger partial charge in [-0.15, -0.1) is 0 Å². The SMILES string of the molecule is Cc1nc(-c2ccccc2NC(=O)c2ccccc2I)no1. The van der Waals surface area contributed by atoms with Crippen LogP contribution in [0, 0.1) is 10.5 Å². The lowest BCUT2D eigenvalue weighted by atomic mass is 10.1. The van der Waals surface area contributed by atoms with Crippen molar-refractivity contribution in [2.45, 2.75) is 6.92 Å². The van der Waals surface area contributed by atoms with Crippen LogP contribution in [-0.2, 0) is 0 Å². The number of rotatable bonds is 3. The van der Waals surface area contributed by atoms with Gasteiger partial charge in [0, 0.05) is 16.1 Å². The average Bonchev–Trinajstić information content (AvgIpc) is 2.94. The van der Waals surface area contributed by atoms with E-state index in [1.165, 1.54) is 0 Å². The number of hydrogen-bond donors (Lipinski definition) is 1. The highest BCUT2D eigenvalue weighted by molar-refractivity contribution is 14.1. The number of nitrogens with one attached hydrogen (secondary N) is 1. The van der Waals surface area contributed by atoms with E-state index in [1.807, 2.05) is 42.5 Å². The predicted molar refractivity (Wildman–Crippen MR) is 91.6 cm³/mol. The molecule has 0 radical (unpaired) electrons. The molecule has 0 bridgehead atoms. The van der Waals surface area contributed by atoms with E-state index in [4.69, 9.17) is 4.52 Å². The van der Waals surface area contributed by atoms with Crippen LogP contribution in [0.1, 0.15) is 16.2 Å². The number of aryl methyl sites for hydroxylation is 1. The van der Waals surface area contributed by atoms with Crippen LogP contribution in [0.5, 0.6) is 0 Å². The molecule has 0 fully saturated rings. The highest BCUT2D eigenvalue weighted by Gasteiger charge is 2.14. The van der Waals surface area contributed by atoms with Crippen LogP contribution in [0.2, 0.25) is 0 Å². The Labute approximate surface area is 140 Å². The minimum Gasteiger partial charge on any atom is -0.339 e. The van der Waals surface area contributed by atoms with Gasteiger partial charge in [-0.25, -0.2) is 0 Å². The maximum Gasteiger partial charge on any atom is 0.256 e. The van der Waals surface area contributed by atoms with Crippen LogP contribution in [-0.4, -0.2) is 16.0 Å². The molecular weight excluding hydrogens is 393 g/mol. The zero-order valence-electron chi connectivity index (χ0n) is 11.7. The summed E-state index contributed by atoms with van der Waals surface area (Å²) in [7, 11) is 0. The van der Waals surface area contributed by atoms with Crippen LogP contribution in [0.25, 0.3) is 11.4 Å². The largest absolute Gasteiger partial charge is 0.339 e. The van der Waals surface area contributed by atoms with Crippen LogP contribution in [0.15, 0.2) is 53.1 Å². The third kappa shape index (κ3) is 3.01. The van der Waals surface area contributed by atoms with E-state index >= 15 is 0 Å². The standard InChI is InChI=1S/C16H12IN3O2/c1-10-18-15(20-22-10)12-7-3-5-9-14(12)19-16(21)11-6-2-4-8-13(11)17/h2-9H,1H3,(H,19,21). The number of aromatic nitrogens is 2. The van der Waals surface area contributed by atoms with E-state index in [0.29, 0.717) is 23.0 Å². The first kappa shape index (κ1) is 14.7. The molecule has 5 nitrogen and oxygen atoms in total. The quantitative estimate of drug-likeness (QED) is 0.672. The topological polar surface area (TPSA) is 68.0 Å². The number of amides is 1. The Balaban J connectivity index is 1.93. The zero-order chi connectivity index (χ0) is 15.5. The summed E-state index contributed by atoms with van der Waals surface area (Å²) >= 11 is 2.14. The fourth-order valence-electron chi connectivity index (χ4n) is 2.03. The molecule has 0 aliphatic heterocycles. The molecule has 0 spiro atoms. The summed E-state index contributed by atoms with van der Waals surface area (Å²) in [6.45, 7) is 1.73. The summed E-state index contributed by atoms with van der Waals surface area (Å²) in [5, 5.41) is 6.82. The predicted octanol–water partition coefficient (Wildman–Crippen LogP) is 3.90. The minimum atomic E-state index is -0.169. The molecule has 0 saturated heterocycles. The average molecular weight is 405 g/mol. The Morgan fingerprint density at radius 3 is 2.59 bits per heavy atom. The van der Waals surface area contributed by atoms with Gasteiger partial charge in [-0.1, -0.05) is 29.4 Å². The first-order valence-corrected chi connectivity index (χ1v) is 7.68. The van der Waals surface area contributed by atoms with Crippen molar-refractivity contribution in [3.05, 3.63) is 63.6 Å². The van der Waals surface area contributed by atoms with Crippen molar-refractivity contribution in [2.75, 3.05) is 5.32 Å². The molecule has 0 unspecified atom stereocenters. The van der Waals surface area contributed by atoms with Crippen LogP contribution < -0.4 is 5.32 Å². The summed E-state index contributed by atoms with van der Waals surface area (Å²) in [6.07, 6.45) is 0. The molecule has 0 saturated carbocycles. The van der Waals surface area contributed by atoms with Crippen LogP contribution in [0.3, 0.4) is 0 Å². The number of benzene rings is 2. The van der Waals surface area contributed by atoms with Crippen LogP contribution >= 0.6 is 22.6 Å². The molecule has 1 N–H and O–H groups in total. The van der Waals surface area contributed by atoms with Crippen molar-refractivity contribution in [3.8, 4) is 11.4 Å². The van der Waals surface area contributed by atoms with Gasteiger partial charge in [-0.05, 0) is 46.9 Å². The van der Waals surface area contributed by atoms with Crippen molar-refractivity contribution >= 4 is 34.2 Å². The van der Waals surface area contributed by atoms with Crippen molar-refractivity contribution in [2.24, 2.45) is 0 Å². The van der Waals surface area contributed by atoms with E-state index in [-0.39, 0.29) is 5.91 Å². The summed E-state index contributed by atoms with van der Waals surface area (Å²) in [5.41, 5.74) is 1.99. The third-order valence-corrected chi connectivity index (χ3v) is 4.00. The van der Waals surface area contributed by atoms with E-state index in [9.17, 15) is 4.79 Å². The molecule has 0 aliphatic rings. The molecule has 1 heterocycles. The Bertz CT molecular complexity index is 830. The van der Waals surface area contributed by atoms with Gasteiger partial charge in [0.05, 0.1) is 11.3 Å². The smallest absolute Gasteiger partial charge is 0.256 e. The summed E-state index contributed by atoms with van der Waals surface area (Å²) in [6, 6.07) is 14.8. The lowest BCUT2D eigenvalue weighted by Crippen LogP contribution is -2.14. The highest BCUT2D eigenvalue weighted by atomic mass is 127. The van der Waals surface area contributed by atoms with Gasteiger partial charge < -0.3 is 9.84 Å². The molecule has 0 aliphatic carbocycles. The fourth-order valence-corrected chi connectivity index (χ4v) is 2.66. The molecule has 3 rings (SSSR count). The van der Waals surface area contributed by atoms with Crippen LogP contribution in [0.4, 0.5) is 5.69 Å². The summed E-state index contributed by atoms with van der Waals surface area (Å²) in [4.78, 5) is 16.7. The second-order valence-electron chi connectivity index (χ2n) is 4.62. The van der Waals surface area contributed by atoms with Gasteiger partial charge >= 0.3 is 0 Å². The Morgan fingerprint density at radius 1 is 1.14 bits per heavy atom. The highest BCUT2D eigenvalue weighted by Crippen LogP contribution is 2.26. The van der Waals surface area contributed by atoms with Gasteiger partial charge in [0.2, 0.25) is 11.7 Å². The lowest BCUT2D eigenvalue weighted by Gasteiger charge is -2.09. The van der Waals surface area contributed by atoms with E-state index in [2.05, 4.69) is 38.0 Å². The molecule has 3 aromatic rings. The number of nitrogens with zero attached hydrogens (tertiary/aromatic N) is 2. The second kappa shape index (κ2) is 6.27. The van der Waals surface area contributed by atoms with Crippen molar-refractivity contribution in [1.82, 2.24) is 10.1 Å². The van der Waals surface area contributed by atoms with Crippen molar-refractivity contribution in [3.63, 3.8) is 0 Å². The fraction of sp³-hybridized carbons (Fsp3) is 0.0625.